The van der Waals surface area contributed by atoms with Crippen molar-refractivity contribution in [2.24, 2.45) is 0 Å². The van der Waals surface area contributed by atoms with Gasteiger partial charge in [0.1, 0.15) is 5.76 Å². The van der Waals surface area contributed by atoms with Gasteiger partial charge in [0.15, 0.2) is 0 Å². The summed E-state index contributed by atoms with van der Waals surface area (Å²) < 4.78 is 30.9. The molecule has 0 radical (unpaired) electrons. The van der Waals surface area contributed by atoms with Gasteiger partial charge in [-0.1, -0.05) is 6.92 Å². The van der Waals surface area contributed by atoms with Crippen molar-refractivity contribution in [3.05, 3.63) is 23.7 Å². The second kappa shape index (κ2) is 8.44. The molecule has 0 aliphatic carbocycles. The number of nitrogens with one attached hydrogen (secondary N) is 1. The highest BCUT2D eigenvalue weighted by atomic mass is 32.2. The van der Waals surface area contributed by atoms with Crippen LogP contribution in [0.2, 0.25) is 0 Å². The molecule has 1 aromatic heterocycles. The molecule has 5 nitrogen and oxygen atoms in total. The van der Waals surface area contributed by atoms with Crippen LogP contribution in [0, 0.1) is 6.92 Å². The Balaban J connectivity index is 2.34. The lowest BCUT2D eigenvalue weighted by atomic mass is 10.3. The zero-order valence-electron chi connectivity index (χ0n) is 12.7. The van der Waals surface area contributed by atoms with Gasteiger partial charge in [-0.3, -0.25) is 0 Å². The normalized spacial score (nSPS) is 12.2. The summed E-state index contributed by atoms with van der Waals surface area (Å²) in [6.07, 6.45) is 4.27. The average Bonchev–Trinajstić information content (AvgIpc) is 2.79. The van der Waals surface area contributed by atoms with Gasteiger partial charge in [-0.25, -0.2) is 12.7 Å². The third-order valence-corrected chi connectivity index (χ3v) is 5.15. The fourth-order valence-corrected chi connectivity index (χ4v) is 3.12. The van der Waals surface area contributed by atoms with Crippen molar-refractivity contribution in [1.82, 2.24) is 9.62 Å². The van der Waals surface area contributed by atoms with Gasteiger partial charge in [0.2, 0.25) is 10.0 Å². The first kappa shape index (κ1) is 17.2. The summed E-state index contributed by atoms with van der Waals surface area (Å²) in [7, 11) is -1.56. The summed E-state index contributed by atoms with van der Waals surface area (Å²) >= 11 is 0. The SMILES string of the molecule is CCCNCCCCS(=O)(=O)N(C)Cc1ccoc1C. The number of hydrogen-bond donors (Lipinski definition) is 1. The molecule has 1 aromatic rings. The fraction of sp³-hybridized carbons (Fsp3) is 0.714. The summed E-state index contributed by atoms with van der Waals surface area (Å²) in [4.78, 5) is 0. The van der Waals surface area contributed by atoms with Gasteiger partial charge < -0.3 is 9.73 Å². The van der Waals surface area contributed by atoms with Crippen LogP contribution in [0.15, 0.2) is 16.7 Å². The second-order valence-corrected chi connectivity index (χ2v) is 7.23. The maximum atomic E-state index is 12.1. The van der Waals surface area contributed by atoms with Crippen LogP contribution in [0.5, 0.6) is 0 Å². The lowest BCUT2D eigenvalue weighted by molar-refractivity contribution is 0.456. The number of rotatable bonds is 10. The van der Waals surface area contributed by atoms with Crippen LogP contribution in [0.1, 0.15) is 37.5 Å². The average molecular weight is 302 g/mol. The van der Waals surface area contributed by atoms with Gasteiger partial charge >= 0.3 is 0 Å². The molecule has 6 heteroatoms. The highest BCUT2D eigenvalue weighted by Crippen LogP contribution is 2.14. The molecule has 0 fully saturated rings. The standard InChI is InChI=1S/C14H26N2O3S/c1-4-8-15-9-5-6-11-20(17,18)16(3)12-14-7-10-19-13(14)2/h7,10,15H,4-6,8-9,11-12H2,1-3H3. The molecule has 0 atom stereocenters. The van der Waals surface area contributed by atoms with Crippen molar-refractivity contribution in [3.63, 3.8) is 0 Å². The largest absolute Gasteiger partial charge is 0.469 e. The molecule has 1 rings (SSSR count). The topological polar surface area (TPSA) is 62.6 Å². The van der Waals surface area contributed by atoms with Crippen molar-refractivity contribution in [3.8, 4) is 0 Å². The van der Waals surface area contributed by atoms with E-state index in [4.69, 9.17) is 4.42 Å². The summed E-state index contributed by atoms with van der Waals surface area (Å²) in [5.41, 5.74) is 0.917. The minimum Gasteiger partial charge on any atom is -0.469 e. The minimum absolute atomic E-state index is 0.203. The van der Waals surface area contributed by atoms with Crippen molar-refractivity contribution < 1.29 is 12.8 Å². The van der Waals surface area contributed by atoms with Gasteiger partial charge in [-0.05, 0) is 45.3 Å². The Morgan fingerprint density at radius 3 is 2.65 bits per heavy atom. The van der Waals surface area contributed by atoms with Gasteiger partial charge in [-0.2, -0.15) is 0 Å². The molecule has 0 bridgehead atoms. The van der Waals surface area contributed by atoms with Crippen LogP contribution in [-0.4, -0.2) is 38.6 Å². The van der Waals surface area contributed by atoms with E-state index in [1.807, 2.05) is 13.0 Å². The van der Waals surface area contributed by atoms with E-state index in [-0.39, 0.29) is 5.75 Å². The number of hydrogen-bond acceptors (Lipinski definition) is 4. The van der Waals surface area contributed by atoms with Crippen molar-refractivity contribution >= 4 is 10.0 Å². The number of nitrogens with zero attached hydrogens (tertiary/aromatic N) is 1. The molecule has 0 saturated carbocycles. The second-order valence-electron chi connectivity index (χ2n) is 5.03. The summed E-state index contributed by atoms with van der Waals surface area (Å²) in [6, 6.07) is 1.82. The highest BCUT2D eigenvalue weighted by Gasteiger charge is 2.18. The van der Waals surface area contributed by atoms with Crippen LogP contribution >= 0.6 is 0 Å². The zero-order valence-corrected chi connectivity index (χ0v) is 13.5. The minimum atomic E-state index is -3.18. The predicted molar refractivity (Wildman–Crippen MR) is 81.1 cm³/mol. The van der Waals surface area contributed by atoms with Crippen molar-refractivity contribution in [2.75, 3.05) is 25.9 Å². The maximum Gasteiger partial charge on any atom is 0.214 e. The van der Waals surface area contributed by atoms with Crippen LogP contribution in [0.3, 0.4) is 0 Å². The van der Waals surface area contributed by atoms with Crippen LogP contribution < -0.4 is 5.32 Å². The van der Waals surface area contributed by atoms with E-state index in [0.717, 1.165) is 37.3 Å². The molecule has 116 valence electrons. The molecule has 0 unspecified atom stereocenters. The summed E-state index contributed by atoms with van der Waals surface area (Å²) in [6.45, 7) is 6.21. The Labute approximate surface area is 122 Å². The molecular formula is C14H26N2O3S. The van der Waals surface area contributed by atoms with E-state index in [2.05, 4.69) is 12.2 Å². The lowest BCUT2D eigenvalue weighted by Gasteiger charge is -2.16. The molecule has 0 saturated heterocycles. The monoisotopic (exact) mass is 302 g/mol. The molecule has 0 amide bonds. The van der Waals surface area contributed by atoms with E-state index in [1.165, 1.54) is 4.31 Å². The molecule has 0 aliphatic heterocycles. The van der Waals surface area contributed by atoms with Crippen molar-refractivity contribution in [2.45, 2.75) is 39.7 Å². The maximum absolute atomic E-state index is 12.1. The number of unbranched alkanes of at least 4 members (excludes halogenated alkanes) is 1. The van der Waals surface area contributed by atoms with Gasteiger partial charge in [-0.15, -0.1) is 0 Å². The molecule has 0 spiro atoms. The van der Waals surface area contributed by atoms with Crippen LogP contribution in [0.25, 0.3) is 0 Å². The van der Waals surface area contributed by atoms with Gasteiger partial charge in [0.05, 0.1) is 12.0 Å². The van der Waals surface area contributed by atoms with E-state index in [9.17, 15) is 8.42 Å². The fourth-order valence-electron chi connectivity index (χ4n) is 1.91. The van der Waals surface area contributed by atoms with Gasteiger partial charge in [0.25, 0.3) is 0 Å². The van der Waals surface area contributed by atoms with Gasteiger partial charge in [0, 0.05) is 19.2 Å². The Morgan fingerprint density at radius 1 is 1.30 bits per heavy atom. The number of aryl methyl sites for hydroxylation is 1. The number of sulfonamides is 1. The molecule has 1 heterocycles. The third kappa shape index (κ3) is 5.64. The Morgan fingerprint density at radius 2 is 2.05 bits per heavy atom. The van der Waals surface area contributed by atoms with E-state index >= 15 is 0 Å². The van der Waals surface area contributed by atoms with Crippen LogP contribution in [-0.2, 0) is 16.6 Å². The van der Waals surface area contributed by atoms with E-state index in [0.29, 0.717) is 13.0 Å². The molecule has 0 aromatic carbocycles. The van der Waals surface area contributed by atoms with E-state index in [1.54, 1.807) is 13.3 Å². The molecule has 20 heavy (non-hydrogen) atoms. The zero-order chi connectivity index (χ0) is 15.0. The first-order chi connectivity index (χ1) is 9.47. The van der Waals surface area contributed by atoms with Crippen LogP contribution in [0.4, 0.5) is 0 Å². The molecular weight excluding hydrogens is 276 g/mol. The Kier molecular flexibility index (Phi) is 7.26. The highest BCUT2D eigenvalue weighted by molar-refractivity contribution is 7.89. The summed E-state index contributed by atoms with van der Waals surface area (Å²) in [5, 5.41) is 3.27. The predicted octanol–water partition coefficient (Wildman–Crippen LogP) is 2.13. The smallest absolute Gasteiger partial charge is 0.214 e. The third-order valence-electron chi connectivity index (χ3n) is 3.27. The van der Waals surface area contributed by atoms with E-state index < -0.39 is 10.0 Å². The quantitative estimate of drug-likeness (QED) is 0.673. The first-order valence-corrected chi connectivity index (χ1v) is 8.76. The summed E-state index contributed by atoms with van der Waals surface area (Å²) in [5.74, 6) is 0.976. The lowest BCUT2D eigenvalue weighted by Crippen LogP contribution is -2.29. The number of furan rings is 1. The molecule has 1 N–H and O–H groups in total. The van der Waals surface area contributed by atoms with Crippen molar-refractivity contribution in [1.29, 1.82) is 0 Å². The Hall–Kier alpha value is -0.850. The Bertz CT molecular complexity index is 482. The molecule has 0 aliphatic rings. The first-order valence-electron chi connectivity index (χ1n) is 7.15.